The topological polar surface area (TPSA) is 104 Å². The predicted molar refractivity (Wildman–Crippen MR) is 134 cm³/mol. The molecule has 0 atom stereocenters. The molecule has 3 amide bonds. The quantitative estimate of drug-likeness (QED) is 0.560. The third-order valence-corrected chi connectivity index (χ3v) is 8.14. The van der Waals surface area contributed by atoms with Crippen LogP contribution in [-0.2, 0) is 10.0 Å². The van der Waals surface area contributed by atoms with Gasteiger partial charge in [0.25, 0.3) is 17.7 Å². The summed E-state index contributed by atoms with van der Waals surface area (Å²) in [5.74, 6) is -1.20. The summed E-state index contributed by atoms with van der Waals surface area (Å²) in [7, 11) is -3.28. The number of anilines is 3. The van der Waals surface area contributed by atoms with Gasteiger partial charge in [-0.2, -0.15) is 0 Å². The summed E-state index contributed by atoms with van der Waals surface area (Å²) in [5.41, 5.74) is 3.95. The molecular weight excluding hydrogens is 466 g/mol. The van der Waals surface area contributed by atoms with Crippen molar-refractivity contribution < 1.29 is 22.8 Å². The number of sulfonamides is 1. The number of imide groups is 1. The van der Waals surface area contributed by atoms with Crippen molar-refractivity contribution in [3.05, 3.63) is 88.5 Å². The average Bonchev–Trinajstić information content (AvgIpc) is 3.31. The summed E-state index contributed by atoms with van der Waals surface area (Å²) in [6, 6.07) is 16.6. The largest absolute Gasteiger partial charge is 0.322 e. The third-order valence-electron chi connectivity index (χ3n) is 6.27. The van der Waals surface area contributed by atoms with Crippen LogP contribution in [0.5, 0.6) is 0 Å². The summed E-state index contributed by atoms with van der Waals surface area (Å²) in [5, 5.41) is 2.76. The first-order valence-corrected chi connectivity index (χ1v) is 12.8. The van der Waals surface area contributed by atoms with E-state index < -0.39 is 27.7 Å². The molecule has 0 aromatic heterocycles. The van der Waals surface area contributed by atoms with Gasteiger partial charge < -0.3 is 5.32 Å². The fraction of sp³-hybridized carbons (Fsp3) is 0.192. The maximum atomic E-state index is 13.1. The van der Waals surface area contributed by atoms with Crippen LogP contribution < -0.4 is 14.5 Å². The molecule has 2 heterocycles. The van der Waals surface area contributed by atoms with Crippen molar-refractivity contribution >= 4 is 44.8 Å². The van der Waals surface area contributed by atoms with Crippen molar-refractivity contribution in [1.29, 1.82) is 0 Å². The Kier molecular flexibility index (Phi) is 5.44. The zero-order valence-electron chi connectivity index (χ0n) is 19.2. The Balaban J connectivity index is 1.36. The molecule has 1 N–H and O–H groups in total. The fourth-order valence-electron chi connectivity index (χ4n) is 4.41. The minimum atomic E-state index is -3.28. The standard InChI is InChI=1S/C26H23N3O5S/c1-16-4-5-17(2)23(14-16)29-25(31)21-11-6-18(15-22(21)26(29)32)24(30)27-19-7-9-20(10-8-19)28-12-3-13-35(28,33)34/h4-11,14-15H,3,12-13H2,1-2H3,(H,27,30). The molecule has 0 bridgehead atoms. The number of fused-ring (bicyclic) bond motifs is 1. The Morgan fingerprint density at radius 2 is 1.60 bits per heavy atom. The van der Waals surface area contributed by atoms with E-state index in [2.05, 4.69) is 5.32 Å². The monoisotopic (exact) mass is 489 g/mol. The predicted octanol–water partition coefficient (Wildman–Crippen LogP) is 3.90. The van der Waals surface area contributed by atoms with Crippen LogP contribution in [0.3, 0.4) is 0 Å². The number of hydrogen-bond donors (Lipinski definition) is 1. The second kappa shape index (κ2) is 8.35. The summed E-state index contributed by atoms with van der Waals surface area (Å²) >= 11 is 0. The maximum absolute atomic E-state index is 13.1. The summed E-state index contributed by atoms with van der Waals surface area (Å²) in [6.07, 6.45) is 0.585. The van der Waals surface area contributed by atoms with Crippen LogP contribution in [0.15, 0.2) is 60.7 Å². The van der Waals surface area contributed by atoms with Crippen molar-refractivity contribution in [3.8, 4) is 0 Å². The van der Waals surface area contributed by atoms with Crippen LogP contribution in [0, 0.1) is 13.8 Å². The number of hydrogen-bond acceptors (Lipinski definition) is 5. The second-order valence-corrected chi connectivity index (χ2v) is 10.8. The minimum absolute atomic E-state index is 0.131. The fourth-order valence-corrected chi connectivity index (χ4v) is 5.97. The van der Waals surface area contributed by atoms with Gasteiger partial charge in [0, 0.05) is 17.8 Å². The van der Waals surface area contributed by atoms with E-state index in [0.717, 1.165) is 16.0 Å². The Labute approximate surface area is 203 Å². The van der Waals surface area contributed by atoms with Gasteiger partial charge in [-0.1, -0.05) is 12.1 Å². The van der Waals surface area contributed by atoms with Gasteiger partial charge in [-0.05, 0) is 79.9 Å². The van der Waals surface area contributed by atoms with E-state index in [-0.39, 0.29) is 22.4 Å². The Morgan fingerprint density at radius 1 is 0.886 bits per heavy atom. The highest BCUT2D eigenvalue weighted by atomic mass is 32.2. The lowest BCUT2D eigenvalue weighted by atomic mass is 10.1. The number of carbonyl (C=O) groups is 3. The maximum Gasteiger partial charge on any atom is 0.266 e. The van der Waals surface area contributed by atoms with Gasteiger partial charge in [-0.15, -0.1) is 0 Å². The molecule has 9 heteroatoms. The number of aryl methyl sites for hydroxylation is 2. The second-order valence-electron chi connectivity index (χ2n) is 8.74. The highest BCUT2D eigenvalue weighted by Crippen LogP contribution is 2.32. The lowest BCUT2D eigenvalue weighted by Crippen LogP contribution is -2.30. The van der Waals surface area contributed by atoms with E-state index >= 15 is 0 Å². The number of benzene rings is 3. The van der Waals surface area contributed by atoms with E-state index in [4.69, 9.17) is 0 Å². The van der Waals surface area contributed by atoms with Crippen molar-refractivity contribution in [3.63, 3.8) is 0 Å². The highest BCUT2D eigenvalue weighted by molar-refractivity contribution is 7.93. The Morgan fingerprint density at radius 3 is 2.29 bits per heavy atom. The summed E-state index contributed by atoms with van der Waals surface area (Å²) < 4.78 is 25.6. The zero-order chi connectivity index (χ0) is 24.9. The van der Waals surface area contributed by atoms with Crippen LogP contribution in [0.4, 0.5) is 17.1 Å². The first kappa shape index (κ1) is 22.8. The van der Waals surface area contributed by atoms with Gasteiger partial charge in [0.15, 0.2) is 0 Å². The van der Waals surface area contributed by atoms with Crippen molar-refractivity contribution in [1.82, 2.24) is 0 Å². The molecule has 0 spiro atoms. The molecule has 5 rings (SSSR count). The smallest absolute Gasteiger partial charge is 0.266 e. The third kappa shape index (κ3) is 3.97. The first-order chi connectivity index (χ1) is 16.7. The van der Waals surface area contributed by atoms with Gasteiger partial charge in [-0.25, -0.2) is 13.3 Å². The minimum Gasteiger partial charge on any atom is -0.322 e. The molecule has 1 saturated heterocycles. The Hall–Kier alpha value is -3.98. The number of nitrogens with one attached hydrogen (secondary N) is 1. The molecule has 0 saturated carbocycles. The molecule has 35 heavy (non-hydrogen) atoms. The van der Waals surface area contributed by atoms with Crippen molar-refractivity contribution in [2.45, 2.75) is 20.3 Å². The van der Waals surface area contributed by atoms with E-state index in [1.54, 1.807) is 30.3 Å². The molecule has 0 radical (unpaired) electrons. The van der Waals surface area contributed by atoms with Gasteiger partial charge >= 0.3 is 0 Å². The highest BCUT2D eigenvalue weighted by Gasteiger charge is 2.38. The lowest BCUT2D eigenvalue weighted by molar-refractivity contribution is 0.0925. The van der Waals surface area contributed by atoms with E-state index in [0.29, 0.717) is 30.0 Å². The molecule has 178 valence electrons. The van der Waals surface area contributed by atoms with Crippen LogP contribution in [0.1, 0.15) is 48.6 Å². The number of rotatable bonds is 4. The van der Waals surface area contributed by atoms with E-state index in [1.165, 1.54) is 22.5 Å². The summed E-state index contributed by atoms with van der Waals surface area (Å²) in [6.45, 7) is 4.16. The number of carbonyl (C=O) groups excluding carboxylic acids is 3. The summed E-state index contributed by atoms with van der Waals surface area (Å²) in [4.78, 5) is 40.1. The average molecular weight is 490 g/mol. The van der Waals surface area contributed by atoms with Crippen LogP contribution >= 0.6 is 0 Å². The number of amides is 3. The molecule has 3 aromatic rings. The van der Waals surface area contributed by atoms with Gasteiger partial charge in [-0.3, -0.25) is 18.7 Å². The van der Waals surface area contributed by atoms with Crippen molar-refractivity contribution in [2.75, 3.05) is 26.8 Å². The lowest BCUT2D eigenvalue weighted by Gasteiger charge is -2.17. The molecule has 2 aliphatic rings. The van der Waals surface area contributed by atoms with Crippen LogP contribution in [0.2, 0.25) is 0 Å². The molecule has 2 aliphatic heterocycles. The van der Waals surface area contributed by atoms with Gasteiger partial charge in [0.05, 0.1) is 28.3 Å². The van der Waals surface area contributed by atoms with E-state index in [9.17, 15) is 22.8 Å². The molecule has 0 unspecified atom stereocenters. The van der Waals surface area contributed by atoms with Crippen LogP contribution in [0.25, 0.3) is 0 Å². The molecule has 8 nitrogen and oxygen atoms in total. The SMILES string of the molecule is Cc1ccc(C)c(N2C(=O)c3ccc(C(=O)Nc4ccc(N5CCCS5(=O)=O)cc4)cc3C2=O)c1. The number of nitrogens with zero attached hydrogens (tertiary/aromatic N) is 2. The molecule has 3 aromatic carbocycles. The molecular formula is C26H23N3O5S. The van der Waals surface area contributed by atoms with Crippen LogP contribution in [-0.4, -0.2) is 38.4 Å². The van der Waals surface area contributed by atoms with Gasteiger partial charge in [0.1, 0.15) is 0 Å². The Bertz CT molecular complexity index is 1500. The van der Waals surface area contributed by atoms with Gasteiger partial charge in [0.2, 0.25) is 10.0 Å². The zero-order valence-corrected chi connectivity index (χ0v) is 20.1. The molecule has 0 aliphatic carbocycles. The normalized spacial score (nSPS) is 16.5. The first-order valence-electron chi connectivity index (χ1n) is 11.2. The van der Waals surface area contributed by atoms with E-state index in [1.807, 2.05) is 26.0 Å². The van der Waals surface area contributed by atoms with Crippen molar-refractivity contribution in [2.24, 2.45) is 0 Å². The molecule has 1 fully saturated rings.